The predicted molar refractivity (Wildman–Crippen MR) is 55.6 cm³/mol. The van der Waals surface area contributed by atoms with Gasteiger partial charge in [0.25, 0.3) is 11.8 Å². The van der Waals surface area contributed by atoms with Crippen LogP contribution in [0.1, 0.15) is 29.0 Å². The van der Waals surface area contributed by atoms with Crippen molar-refractivity contribution in [2.75, 3.05) is 0 Å². The molecular formula is C11H14F2N2O. The van der Waals surface area contributed by atoms with Gasteiger partial charge in [-0.05, 0) is 19.1 Å². The Hall–Kier alpha value is -1.39. The molecule has 1 amide bonds. The Bertz CT molecular complexity index is 418. The summed E-state index contributed by atoms with van der Waals surface area (Å²) < 4.78 is 26.9. The average molecular weight is 228 g/mol. The number of halogens is 2. The zero-order chi connectivity index (χ0) is 11.9. The quantitative estimate of drug-likeness (QED) is 0.823. The van der Waals surface area contributed by atoms with E-state index >= 15 is 0 Å². The zero-order valence-corrected chi connectivity index (χ0v) is 9.26. The van der Waals surface area contributed by atoms with Crippen LogP contribution in [-0.2, 0) is 7.05 Å². The molecule has 3 nitrogen and oxygen atoms in total. The van der Waals surface area contributed by atoms with E-state index < -0.39 is 12.0 Å². The number of aromatic nitrogens is 1. The molecule has 1 saturated carbocycles. The molecule has 0 saturated heterocycles. The van der Waals surface area contributed by atoms with Gasteiger partial charge in [-0.2, -0.15) is 0 Å². The van der Waals surface area contributed by atoms with Crippen LogP contribution in [0.2, 0.25) is 0 Å². The van der Waals surface area contributed by atoms with Crippen LogP contribution in [0.4, 0.5) is 8.78 Å². The maximum Gasteiger partial charge on any atom is 0.268 e. The van der Waals surface area contributed by atoms with E-state index in [2.05, 4.69) is 5.32 Å². The van der Waals surface area contributed by atoms with E-state index in [0.29, 0.717) is 5.69 Å². The summed E-state index contributed by atoms with van der Waals surface area (Å²) in [5.41, 5.74) is 1.47. The highest BCUT2D eigenvalue weighted by Gasteiger charge is 2.46. The van der Waals surface area contributed by atoms with E-state index in [-0.39, 0.29) is 18.7 Å². The molecule has 1 heterocycles. The molecule has 0 aromatic carbocycles. The fourth-order valence-corrected chi connectivity index (χ4v) is 1.86. The van der Waals surface area contributed by atoms with Crippen molar-refractivity contribution in [3.63, 3.8) is 0 Å². The molecule has 1 aromatic rings. The minimum atomic E-state index is -2.60. The number of nitrogens with one attached hydrogen (secondary N) is 1. The van der Waals surface area contributed by atoms with Crippen LogP contribution in [0.25, 0.3) is 0 Å². The number of carbonyl (C=O) groups excluding carboxylic acids is 1. The fraction of sp³-hybridized carbons (Fsp3) is 0.545. The summed E-state index contributed by atoms with van der Waals surface area (Å²) in [6, 6.07) is 3.13. The molecule has 1 fully saturated rings. The van der Waals surface area contributed by atoms with E-state index in [0.717, 1.165) is 5.69 Å². The predicted octanol–water partition coefficient (Wildman–Crippen LogP) is 1.86. The highest BCUT2D eigenvalue weighted by atomic mass is 19.3. The minimum Gasteiger partial charge on any atom is -0.348 e. The standard InChI is InChI=1S/C11H14F2N2O/c1-7-3-4-9(15(7)2)10(16)14-8-5-11(12,13)6-8/h3-4,8H,5-6H2,1-2H3,(H,14,16). The number of rotatable bonds is 2. The lowest BCUT2D eigenvalue weighted by molar-refractivity contribution is -0.0901. The second-order valence-corrected chi connectivity index (χ2v) is 4.35. The van der Waals surface area contributed by atoms with E-state index in [4.69, 9.17) is 0 Å². The van der Waals surface area contributed by atoms with E-state index in [1.165, 1.54) is 0 Å². The van der Waals surface area contributed by atoms with Gasteiger partial charge in [0.1, 0.15) is 5.69 Å². The van der Waals surface area contributed by atoms with E-state index in [1.54, 1.807) is 17.7 Å². The molecule has 16 heavy (non-hydrogen) atoms. The van der Waals surface area contributed by atoms with Gasteiger partial charge >= 0.3 is 0 Å². The van der Waals surface area contributed by atoms with Gasteiger partial charge in [0.15, 0.2) is 0 Å². The number of hydrogen-bond acceptors (Lipinski definition) is 1. The Labute approximate surface area is 92.4 Å². The van der Waals surface area contributed by atoms with Crippen molar-refractivity contribution < 1.29 is 13.6 Å². The highest BCUT2D eigenvalue weighted by Crippen LogP contribution is 2.37. The smallest absolute Gasteiger partial charge is 0.268 e. The third kappa shape index (κ3) is 1.94. The molecule has 1 aliphatic carbocycles. The second-order valence-electron chi connectivity index (χ2n) is 4.35. The third-order valence-corrected chi connectivity index (χ3v) is 3.03. The van der Waals surface area contributed by atoms with Crippen LogP contribution >= 0.6 is 0 Å². The van der Waals surface area contributed by atoms with Crippen LogP contribution in [0.15, 0.2) is 12.1 Å². The molecule has 1 N–H and O–H groups in total. The van der Waals surface area contributed by atoms with Crippen molar-refractivity contribution in [3.05, 3.63) is 23.5 Å². The van der Waals surface area contributed by atoms with Crippen molar-refractivity contribution in [1.29, 1.82) is 0 Å². The summed E-state index contributed by atoms with van der Waals surface area (Å²) in [5.74, 6) is -2.88. The van der Waals surface area contributed by atoms with Crippen molar-refractivity contribution >= 4 is 5.91 Å². The summed E-state index contributed by atoms with van der Waals surface area (Å²) >= 11 is 0. The molecule has 0 aliphatic heterocycles. The molecule has 1 aliphatic rings. The zero-order valence-electron chi connectivity index (χ0n) is 9.26. The number of amides is 1. The molecule has 0 unspecified atom stereocenters. The maximum atomic E-state index is 12.6. The summed E-state index contributed by atoms with van der Waals surface area (Å²) in [7, 11) is 1.78. The summed E-state index contributed by atoms with van der Waals surface area (Å²) in [6.07, 6.45) is -0.496. The highest BCUT2D eigenvalue weighted by molar-refractivity contribution is 5.93. The van der Waals surface area contributed by atoms with E-state index in [9.17, 15) is 13.6 Å². The molecule has 0 atom stereocenters. The van der Waals surface area contributed by atoms with Gasteiger partial charge in [0.2, 0.25) is 0 Å². The van der Waals surface area contributed by atoms with Gasteiger partial charge in [0, 0.05) is 31.6 Å². The first kappa shape index (κ1) is 11.1. The molecule has 88 valence electrons. The molecule has 0 spiro atoms. The van der Waals surface area contributed by atoms with Gasteiger partial charge in [-0.3, -0.25) is 4.79 Å². The van der Waals surface area contributed by atoms with Gasteiger partial charge < -0.3 is 9.88 Å². The summed E-state index contributed by atoms with van der Waals surface area (Å²) in [5, 5.41) is 2.60. The van der Waals surface area contributed by atoms with Crippen LogP contribution in [0.3, 0.4) is 0 Å². The number of carbonyl (C=O) groups is 1. The van der Waals surface area contributed by atoms with Gasteiger partial charge in [-0.1, -0.05) is 0 Å². The van der Waals surface area contributed by atoms with Crippen LogP contribution < -0.4 is 5.32 Å². The lowest BCUT2D eigenvalue weighted by Crippen LogP contribution is -2.50. The first-order valence-corrected chi connectivity index (χ1v) is 5.20. The van der Waals surface area contributed by atoms with E-state index in [1.807, 2.05) is 13.0 Å². The average Bonchev–Trinajstić information content (AvgIpc) is 2.44. The molecule has 0 radical (unpaired) electrons. The SMILES string of the molecule is Cc1ccc(C(=O)NC2CC(F)(F)C2)n1C. The van der Waals surface area contributed by atoms with Gasteiger partial charge in [0.05, 0.1) is 0 Å². The molecule has 2 rings (SSSR count). The minimum absolute atomic E-state index is 0.248. The Morgan fingerprint density at radius 1 is 1.50 bits per heavy atom. The Morgan fingerprint density at radius 3 is 2.56 bits per heavy atom. The summed E-state index contributed by atoms with van der Waals surface area (Å²) in [4.78, 5) is 11.7. The van der Waals surface area contributed by atoms with Gasteiger partial charge in [-0.25, -0.2) is 8.78 Å². The van der Waals surface area contributed by atoms with Crippen LogP contribution in [0.5, 0.6) is 0 Å². The molecular weight excluding hydrogens is 214 g/mol. The van der Waals surface area contributed by atoms with Crippen molar-refractivity contribution in [2.24, 2.45) is 7.05 Å². The number of alkyl halides is 2. The molecule has 5 heteroatoms. The Balaban J connectivity index is 1.97. The van der Waals surface area contributed by atoms with Crippen molar-refractivity contribution in [1.82, 2.24) is 9.88 Å². The largest absolute Gasteiger partial charge is 0.348 e. The number of nitrogens with zero attached hydrogens (tertiary/aromatic N) is 1. The number of aryl methyl sites for hydroxylation is 1. The second kappa shape index (κ2) is 3.57. The lowest BCUT2D eigenvalue weighted by Gasteiger charge is -2.35. The topological polar surface area (TPSA) is 34.0 Å². The Morgan fingerprint density at radius 2 is 2.12 bits per heavy atom. The monoisotopic (exact) mass is 228 g/mol. The van der Waals surface area contributed by atoms with Crippen LogP contribution in [0, 0.1) is 6.92 Å². The Kier molecular flexibility index (Phi) is 2.48. The normalized spacial score (nSPS) is 19.2. The molecule has 1 aromatic heterocycles. The van der Waals surface area contributed by atoms with Crippen molar-refractivity contribution in [3.8, 4) is 0 Å². The number of hydrogen-bond donors (Lipinski definition) is 1. The van der Waals surface area contributed by atoms with Crippen molar-refractivity contribution in [2.45, 2.75) is 31.7 Å². The van der Waals surface area contributed by atoms with Gasteiger partial charge in [-0.15, -0.1) is 0 Å². The maximum absolute atomic E-state index is 12.6. The first-order valence-electron chi connectivity index (χ1n) is 5.20. The lowest BCUT2D eigenvalue weighted by atomic mass is 9.88. The molecule has 0 bridgehead atoms. The fourth-order valence-electron chi connectivity index (χ4n) is 1.86. The summed E-state index contributed by atoms with van der Waals surface area (Å²) in [6.45, 7) is 1.88. The third-order valence-electron chi connectivity index (χ3n) is 3.03. The van der Waals surface area contributed by atoms with Crippen LogP contribution in [-0.4, -0.2) is 22.4 Å². The first-order chi connectivity index (χ1) is 7.39.